The molecule has 0 spiro atoms. The number of nitrogens with one attached hydrogen (secondary N) is 1. The van der Waals surface area contributed by atoms with Gasteiger partial charge in [0.25, 0.3) is 0 Å². The van der Waals surface area contributed by atoms with Crippen molar-refractivity contribution in [3.8, 4) is 0 Å². The van der Waals surface area contributed by atoms with E-state index in [0.29, 0.717) is 0 Å². The first-order valence-electron chi connectivity index (χ1n) is 3.77. The third-order valence-corrected chi connectivity index (χ3v) is 1.91. The molecule has 0 bridgehead atoms. The monoisotopic (exact) mass is 151 g/mol. The maximum Gasteiger partial charge on any atom is 0.212 e. The van der Waals surface area contributed by atoms with Crippen molar-refractivity contribution < 1.29 is 0 Å². The summed E-state index contributed by atoms with van der Waals surface area (Å²) >= 11 is 0. The summed E-state index contributed by atoms with van der Waals surface area (Å²) in [5, 5.41) is 6.88. The summed E-state index contributed by atoms with van der Waals surface area (Å²) in [6.45, 7) is 2.11. The van der Waals surface area contributed by atoms with Gasteiger partial charge in [-0.2, -0.15) is 0 Å². The minimum atomic E-state index is -0.114. The SMILES string of the molecule is CC1=C(C=NC(=N)N)CCC1. The minimum absolute atomic E-state index is 0.114. The van der Waals surface area contributed by atoms with Crippen LogP contribution in [0.2, 0.25) is 0 Å². The van der Waals surface area contributed by atoms with Gasteiger partial charge in [-0.05, 0) is 31.8 Å². The lowest BCUT2D eigenvalue weighted by Crippen LogP contribution is -2.05. The smallest absolute Gasteiger partial charge is 0.212 e. The molecule has 0 aromatic rings. The Morgan fingerprint density at radius 3 is 2.82 bits per heavy atom. The highest BCUT2D eigenvalue weighted by atomic mass is 15.0. The van der Waals surface area contributed by atoms with Gasteiger partial charge in [0, 0.05) is 6.21 Å². The van der Waals surface area contributed by atoms with Gasteiger partial charge in [-0.3, -0.25) is 5.41 Å². The topological polar surface area (TPSA) is 62.2 Å². The molecule has 0 radical (unpaired) electrons. The van der Waals surface area contributed by atoms with Crippen molar-refractivity contribution in [2.45, 2.75) is 26.2 Å². The number of nitrogens with zero attached hydrogens (tertiary/aromatic N) is 1. The molecule has 0 unspecified atom stereocenters. The second-order valence-electron chi connectivity index (χ2n) is 2.80. The average Bonchev–Trinajstić information content (AvgIpc) is 2.31. The van der Waals surface area contributed by atoms with E-state index in [-0.39, 0.29) is 5.96 Å². The van der Waals surface area contributed by atoms with E-state index in [0.717, 1.165) is 6.42 Å². The van der Waals surface area contributed by atoms with Crippen LogP contribution in [-0.2, 0) is 0 Å². The first kappa shape index (κ1) is 7.98. The predicted molar refractivity (Wildman–Crippen MR) is 47.0 cm³/mol. The Kier molecular flexibility index (Phi) is 2.41. The third-order valence-electron chi connectivity index (χ3n) is 1.91. The van der Waals surface area contributed by atoms with Gasteiger partial charge in [-0.25, -0.2) is 4.99 Å². The molecule has 60 valence electrons. The lowest BCUT2D eigenvalue weighted by molar-refractivity contribution is 0.902. The molecule has 3 nitrogen and oxygen atoms in total. The molecule has 1 aliphatic carbocycles. The van der Waals surface area contributed by atoms with E-state index in [1.165, 1.54) is 24.0 Å². The van der Waals surface area contributed by atoms with Gasteiger partial charge in [0.2, 0.25) is 5.96 Å². The Morgan fingerprint density at radius 1 is 1.64 bits per heavy atom. The van der Waals surface area contributed by atoms with Gasteiger partial charge < -0.3 is 5.73 Å². The molecule has 0 heterocycles. The van der Waals surface area contributed by atoms with Gasteiger partial charge >= 0.3 is 0 Å². The van der Waals surface area contributed by atoms with Crippen molar-refractivity contribution in [2.75, 3.05) is 0 Å². The van der Waals surface area contributed by atoms with Crippen molar-refractivity contribution in [2.24, 2.45) is 10.7 Å². The van der Waals surface area contributed by atoms with E-state index in [9.17, 15) is 0 Å². The van der Waals surface area contributed by atoms with E-state index >= 15 is 0 Å². The summed E-state index contributed by atoms with van der Waals surface area (Å²) in [6.07, 6.45) is 5.18. The fourth-order valence-electron chi connectivity index (χ4n) is 1.24. The highest BCUT2D eigenvalue weighted by Gasteiger charge is 2.07. The zero-order chi connectivity index (χ0) is 8.27. The molecular weight excluding hydrogens is 138 g/mol. The summed E-state index contributed by atoms with van der Waals surface area (Å²) in [6, 6.07) is 0. The quantitative estimate of drug-likeness (QED) is 0.432. The first-order valence-corrected chi connectivity index (χ1v) is 3.77. The van der Waals surface area contributed by atoms with E-state index in [4.69, 9.17) is 11.1 Å². The Hall–Kier alpha value is -1.12. The summed E-state index contributed by atoms with van der Waals surface area (Å²) < 4.78 is 0. The molecule has 3 N–H and O–H groups in total. The molecule has 11 heavy (non-hydrogen) atoms. The van der Waals surface area contributed by atoms with Crippen LogP contribution in [0.5, 0.6) is 0 Å². The van der Waals surface area contributed by atoms with Crippen LogP contribution in [0.15, 0.2) is 16.1 Å². The van der Waals surface area contributed by atoms with Crippen LogP contribution in [0.4, 0.5) is 0 Å². The minimum Gasteiger partial charge on any atom is -0.368 e. The van der Waals surface area contributed by atoms with Crippen molar-refractivity contribution in [3.63, 3.8) is 0 Å². The second-order valence-corrected chi connectivity index (χ2v) is 2.80. The van der Waals surface area contributed by atoms with Crippen LogP contribution >= 0.6 is 0 Å². The van der Waals surface area contributed by atoms with Crippen LogP contribution in [-0.4, -0.2) is 12.2 Å². The first-order chi connectivity index (χ1) is 5.20. The Labute approximate surface area is 66.5 Å². The maximum atomic E-state index is 6.88. The standard InChI is InChI=1S/C8H13N3/c1-6-3-2-4-7(6)5-11-8(9)10/h5H,2-4H2,1H3,(H3,9,10). The highest BCUT2D eigenvalue weighted by Crippen LogP contribution is 2.23. The number of hydrogen-bond acceptors (Lipinski definition) is 1. The largest absolute Gasteiger partial charge is 0.368 e. The fourth-order valence-corrected chi connectivity index (χ4v) is 1.24. The molecule has 0 saturated carbocycles. The second kappa shape index (κ2) is 3.32. The summed E-state index contributed by atoms with van der Waals surface area (Å²) in [7, 11) is 0. The Bertz CT molecular complexity index is 225. The van der Waals surface area contributed by atoms with E-state index < -0.39 is 0 Å². The average molecular weight is 151 g/mol. The predicted octanol–water partition coefficient (Wildman–Crippen LogP) is 1.45. The zero-order valence-corrected chi connectivity index (χ0v) is 6.72. The van der Waals surface area contributed by atoms with Crippen LogP contribution in [0.25, 0.3) is 0 Å². The van der Waals surface area contributed by atoms with E-state index in [1.807, 2.05) is 0 Å². The third kappa shape index (κ3) is 2.18. The molecule has 0 amide bonds. The zero-order valence-electron chi connectivity index (χ0n) is 6.72. The van der Waals surface area contributed by atoms with E-state index in [2.05, 4.69) is 11.9 Å². The lowest BCUT2D eigenvalue weighted by atomic mass is 10.2. The molecule has 0 aliphatic heterocycles. The maximum absolute atomic E-state index is 6.88. The number of rotatable bonds is 1. The molecule has 1 rings (SSSR count). The van der Waals surface area contributed by atoms with Crippen LogP contribution in [0, 0.1) is 5.41 Å². The normalized spacial score (nSPS) is 18.3. The summed E-state index contributed by atoms with van der Waals surface area (Å²) in [5.41, 5.74) is 7.71. The van der Waals surface area contributed by atoms with Gasteiger partial charge in [-0.15, -0.1) is 0 Å². The molecule has 0 fully saturated rings. The van der Waals surface area contributed by atoms with Crippen LogP contribution in [0.3, 0.4) is 0 Å². The molecule has 0 atom stereocenters. The molecule has 3 heteroatoms. The summed E-state index contributed by atoms with van der Waals surface area (Å²) in [4.78, 5) is 3.74. The van der Waals surface area contributed by atoms with Gasteiger partial charge in [-0.1, -0.05) is 5.57 Å². The van der Waals surface area contributed by atoms with E-state index in [1.54, 1.807) is 6.21 Å². The number of aliphatic imine (C=N–C) groups is 1. The van der Waals surface area contributed by atoms with Crippen molar-refractivity contribution in [3.05, 3.63) is 11.1 Å². The number of hydrogen-bond donors (Lipinski definition) is 2. The van der Waals surface area contributed by atoms with Crippen molar-refractivity contribution >= 4 is 12.2 Å². The van der Waals surface area contributed by atoms with Crippen LogP contribution < -0.4 is 5.73 Å². The number of guanidine groups is 1. The fraction of sp³-hybridized carbons (Fsp3) is 0.500. The van der Waals surface area contributed by atoms with Crippen molar-refractivity contribution in [1.29, 1.82) is 5.41 Å². The molecule has 0 saturated heterocycles. The molecular formula is C8H13N3. The lowest BCUT2D eigenvalue weighted by Gasteiger charge is -1.92. The number of nitrogens with two attached hydrogens (primary N) is 1. The molecule has 0 aromatic heterocycles. The highest BCUT2D eigenvalue weighted by molar-refractivity contribution is 5.91. The molecule has 1 aliphatic rings. The van der Waals surface area contributed by atoms with Gasteiger partial charge in [0.15, 0.2) is 0 Å². The van der Waals surface area contributed by atoms with Gasteiger partial charge in [0.05, 0.1) is 0 Å². The van der Waals surface area contributed by atoms with Crippen LogP contribution in [0.1, 0.15) is 26.2 Å². The summed E-state index contributed by atoms with van der Waals surface area (Å²) in [5.74, 6) is -0.114. The van der Waals surface area contributed by atoms with Gasteiger partial charge in [0.1, 0.15) is 0 Å². The number of allylic oxidation sites excluding steroid dienone is 2. The Balaban J connectivity index is 2.61. The Morgan fingerprint density at radius 2 is 2.36 bits per heavy atom. The molecule has 0 aromatic carbocycles. The van der Waals surface area contributed by atoms with Crippen molar-refractivity contribution in [1.82, 2.24) is 0 Å².